The molecule has 1 rings (SSSR count). The number of ether oxygens (including phenoxy) is 5. The highest BCUT2D eigenvalue weighted by Gasteiger charge is 2.55. The van der Waals surface area contributed by atoms with Gasteiger partial charge in [0.1, 0.15) is 36.6 Å². The quantitative estimate of drug-likeness (QED) is 0.468. The average molecular weight is 402 g/mol. The molecule has 0 aromatic carbocycles. The highest BCUT2D eigenvalue weighted by Crippen LogP contribution is 2.48. The van der Waals surface area contributed by atoms with Crippen molar-refractivity contribution in [3.05, 3.63) is 0 Å². The van der Waals surface area contributed by atoms with Crippen LogP contribution in [-0.2, 0) is 37.3 Å². The minimum Gasteiger partial charge on any atom is -0.391 e. The smallest absolute Gasteiger partial charge is 0.391 e. The number of hydrogen-bond donors (Lipinski definition) is 2. The molecule has 11 heteroatoms. The fraction of sp³-hybridized carbons (Fsp3) is 1.00. The van der Waals surface area contributed by atoms with Gasteiger partial charge in [0.15, 0.2) is 0 Å². The van der Waals surface area contributed by atoms with Crippen molar-refractivity contribution < 1.29 is 47.3 Å². The molecule has 10 nitrogen and oxygen atoms in total. The highest BCUT2D eigenvalue weighted by molar-refractivity contribution is 7.47. The molecule has 0 saturated heterocycles. The van der Waals surface area contributed by atoms with E-state index in [1.807, 2.05) is 0 Å². The Morgan fingerprint density at radius 3 is 1.46 bits per heavy atom. The molecule has 156 valence electrons. The van der Waals surface area contributed by atoms with Gasteiger partial charge in [-0.3, -0.25) is 9.05 Å². The molecule has 1 aliphatic carbocycles. The topological polar surface area (TPSA) is 122 Å². The van der Waals surface area contributed by atoms with E-state index in [-0.39, 0.29) is 6.61 Å². The van der Waals surface area contributed by atoms with Gasteiger partial charge in [-0.15, -0.1) is 0 Å². The number of rotatable bonds is 11. The van der Waals surface area contributed by atoms with Crippen molar-refractivity contribution >= 4 is 7.82 Å². The standard InChI is InChI=1S/C15H31O10P/c1-7-9(16)8-24-26(17,18)25-15-13(22-5)11(20-3)10(19-2)12(21-4)14(15)23-6/h9-16H,7-8H2,1-6H3,(H,17,18)/t9?,10?,11-,12+,13-,14?,15-/m1/s1. The number of methoxy groups -OCH3 is 5. The summed E-state index contributed by atoms with van der Waals surface area (Å²) in [5.74, 6) is 0. The van der Waals surface area contributed by atoms with E-state index < -0.39 is 50.6 Å². The second-order valence-corrected chi connectivity index (χ2v) is 7.30. The zero-order valence-electron chi connectivity index (χ0n) is 16.1. The molecule has 0 amide bonds. The lowest BCUT2D eigenvalue weighted by Crippen LogP contribution is -2.66. The largest absolute Gasteiger partial charge is 0.472 e. The molecular weight excluding hydrogens is 371 g/mol. The Morgan fingerprint density at radius 1 is 0.808 bits per heavy atom. The molecule has 8 atom stereocenters. The summed E-state index contributed by atoms with van der Waals surface area (Å²) < 4.78 is 49.9. The SMILES string of the molecule is CCC(O)COP(=O)(O)O[C@H]1C(OC)[C@@H](OC)C(OC)[C@@H](OC)[C@H]1OC. The molecule has 4 unspecified atom stereocenters. The first kappa shape index (κ1) is 23.9. The first-order chi connectivity index (χ1) is 12.3. The average Bonchev–Trinajstić information content (AvgIpc) is 2.64. The Kier molecular flexibility index (Phi) is 10.1. The molecule has 26 heavy (non-hydrogen) atoms. The van der Waals surface area contributed by atoms with E-state index in [2.05, 4.69) is 0 Å². The molecule has 1 saturated carbocycles. The van der Waals surface area contributed by atoms with Gasteiger partial charge in [-0.1, -0.05) is 6.92 Å². The molecule has 0 aliphatic heterocycles. The van der Waals surface area contributed by atoms with Gasteiger partial charge in [0.25, 0.3) is 0 Å². The van der Waals surface area contributed by atoms with Crippen molar-refractivity contribution in [2.45, 2.75) is 56.1 Å². The van der Waals surface area contributed by atoms with Crippen molar-refractivity contribution in [3.8, 4) is 0 Å². The first-order valence-corrected chi connectivity index (χ1v) is 9.77. The number of aliphatic hydroxyl groups is 1. The lowest BCUT2D eigenvalue weighted by atomic mass is 9.84. The van der Waals surface area contributed by atoms with Crippen LogP contribution in [0.5, 0.6) is 0 Å². The van der Waals surface area contributed by atoms with E-state index in [1.54, 1.807) is 6.92 Å². The van der Waals surface area contributed by atoms with Crippen molar-refractivity contribution in [2.24, 2.45) is 0 Å². The van der Waals surface area contributed by atoms with Crippen molar-refractivity contribution in [1.29, 1.82) is 0 Å². The van der Waals surface area contributed by atoms with Crippen LogP contribution in [0.25, 0.3) is 0 Å². The van der Waals surface area contributed by atoms with Crippen LogP contribution in [0, 0.1) is 0 Å². The van der Waals surface area contributed by atoms with Gasteiger partial charge in [-0.2, -0.15) is 0 Å². The monoisotopic (exact) mass is 402 g/mol. The second kappa shape index (κ2) is 11.0. The maximum atomic E-state index is 12.3. The van der Waals surface area contributed by atoms with Crippen LogP contribution in [-0.4, -0.2) is 94.9 Å². The molecule has 0 aromatic heterocycles. The van der Waals surface area contributed by atoms with Crippen LogP contribution in [0.15, 0.2) is 0 Å². The van der Waals surface area contributed by atoms with Gasteiger partial charge >= 0.3 is 7.82 Å². The van der Waals surface area contributed by atoms with Crippen LogP contribution in [0.3, 0.4) is 0 Å². The first-order valence-electron chi connectivity index (χ1n) is 8.27. The van der Waals surface area contributed by atoms with Gasteiger partial charge in [-0.25, -0.2) is 4.57 Å². The van der Waals surface area contributed by atoms with Crippen LogP contribution >= 0.6 is 7.82 Å². The van der Waals surface area contributed by atoms with Crippen LogP contribution in [0.1, 0.15) is 13.3 Å². The van der Waals surface area contributed by atoms with Crippen molar-refractivity contribution in [1.82, 2.24) is 0 Å². The van der Waals surface area contributed by atoms with Gasteiger partial charge in [-0.05, 0) is 6.42 Å². The van der Waals surface area contributed by atoms with Gasteiger partial charge in [0.05, 0.1) is 12.7 Å². The molecule has 0 radical (unpaired) electrons. The Bertz CT molecular complexity index is 430. The predicted octanol–water partition coefficient (Wildman–Crippen LogP) is 0.348. The fourth-order valence-corrected chi connectivity index (χ4v) is 4.03. The summed E-state index contributed by atoms with van der Waals surface area (Å²) >= 11 is 0. The lowest BCUT2D eigenvalue weighted by Gasteiger charge is -2.48. The van der Waals surface area contributed by atoms with Gasteiger partial charge < -0.3 is 33.7 Å². The summed E-state index contributed by atoms with van der Waals surface area (Å²) in [4.78, 5) is 10.1. The lowest BCUT2D eigenvalue weighted by molar-refractivity contribution is -0.249. The third-order valence-corrected chi connectivity index (χ3v) is 5.45. The number of phosphoric ester groups is 1. The molecule has 0 bridgehead atoms. The van der Waals surface area contributed by atoms with E-state index in [0.29, 0.717) is 6.42 Å². The van der Waals surface area contributed by atoms with E-state index in [1.165, 1.54) is 35.5 Å². The number of aliphatic hydroxyl groups excluding tert-OH is 1. The molecule has 2 N–H and O–H groups in total. The van der Waals surface area contributed by atoms with E-state index >= 15 is 0 Å². The van der Waals surface area contributed by atoms with Crippen LogP contribution in [0.2, 0.25) is 0 Å². The summed E-state index contributed by atoms with van der Waals surface area (Å²) in [6.07, 6.45) is -4.97. The Hall–Kier alpha value is -0.130. The van der Waals surface area contributed by atoms with Gasteiger partial charge in [0.2, 0.25) is 0 Å². The van der Waals surface area contributed by atoms with E-state index in [4.69, 9.17) is 32.7 Å². The van der Waals surface area contributed by atoms with E-state index in [9.17, 15) is 14.6 Å². The number of hydrogen-bond acceptors (Lipinski definition) is 9. The van der Waals surface area contributed by atoms with E-state index in [0.717, 1.165) is 0 Å². The molecule has 0 spiro atoms. The summed E-state index contributed by atoms with van der Waals surface area (Å²) in [7, 11) is 2.76. The molecule has 1 fully saturated rings. The normalized spacial score (nSPS) is 35.8. The minimum atomic E-state index is -4.50. The number of phosphoric acid groups is 1. The van der Waals surface area contributed by atoms with Crippen molar-refractivity contribution in [2.75, 3.05) is 42.2 Å². The second-order valence-electron chi connectivity index (χ2n) is 5.90. The highest BCUT2D eigenvalue weighted by atomic mass is 31.2. The molecule has 0 aromatic rings. The molecule has 0 heterocycles. The Morgan fingerprint density at radius 2 is 1.15 bits per heavy atom. The third kappa shape index (κ3) is 5.68. The molecular formula is C15H31O10P. The Balaban J connectivity index is 3.08. The summed E-state index contributed by atoms with van der Waals surface area (Å²) in [6.45, 7) is 1.38. The van der Waals surface area contributed by atoms with Crippen molar-refractivity contribution in [3.63, 3.8) is 0 Å². The summed E-state index contributed by atoms with van der Waals surface area (Å²) in [5, 5.41) is 9.53. The predicted molar refractivity (Wildman–Crippen MR) is 90.9 cm³/mol. The fourth-order valence-electron chi connectivity index (χ4n) is 3.07. The van der Waals surface area contributed by atoms with Crippen LogP contribution in [0.4, 0.5) is 0 Å². The third-order valence-electron chi connectivity index (χ3n) is 4.46. The minimum absolute atomic E-state index is 0.339. The summed E-state index contributed by atoms with van der Waals surface area (Å²) in [6, 6.07) is 0. The Labute approximate surface area is 154 Å². The maximum absolute atomic E-state index is 12.3. The maximum Gasteiger partial charge on any atom is 0.472 e. The molecule has 1 aliphatic rings. The zero-order valence-corrected chi connectivity index (χ0v) is 17.0. The summed E-state index contributed by atoms with van der Waals surface area (Å²) in [5.41, 5.74) is 0. The van der Waals surface area contributed by atoms with Gasteiger partial charge in [0, 0.05) is 35.5 Å². The zero-order chi connectivity index (χ0) is 19.9. The van der Waals surface area contributed by atoms with Crippen LogP contribution < -0.4 is 0 Å².